The topological polar surface area (TPSA) is 58.4 Å². The molecule has 130 valence electrons. The van der Waals surface area contributed by atoms with Crippen molar-refractivity contribution < 1.29 is 18.3 Å². The summed E-state index contributed by atoms with van der Waals surface area (Å²) >= 11 is 0. The Labute approximate surface area is 144 Å². The van der Waals surface area contributed by atoms with Gasteiger partial charge in [-0.05, 0) is 36.2 Å². The molecule has 0 spiro atoms. The standard InChI is InChI=1S/C18H17F2N3O2/c1-12-5-6-22-17(15(12)10-21)23-7-8-24-16(11-23)13-3-2-4-14(9-13)25-18(19)20/h2-6,9,16,18H,7-8,11H2,1H3. The first-order valence-electron chi connectivity index (χ1n) is 7.85. The molecule has 2 heterocycles. The Kier molecular flexibility index (Phi) is 5.10. The minimum atomic E-state index is -2.87. The van der Waals surface area contributed by atoms with Gasteiger partial charge in [-0.25, -0.2) is 4.98 Å². The lowest BCUT2D eigenvalue weighted by atomic mass is 10.1. The van der Waals surface area contributed by atoms with Gasteiger partial charge in [0.2, 0.25) is 0 Å². The highest BCUT2D eigenvalue weighted by Gasteiger charge is 2.25. The number of nitriles is 1. The highest BCUT2D eigenvalue weighted by molar-refractivity contribution is 5.57. The van der Waals surface area contributed by atoms with Crippen LogP contribution in [0.4, 0.5) is 14.6 Å². The number of hydrogen-bond donors (Lipinski definition) is 0. The molecule has 0 saturated carbocycles. The molecule has 0 radical (unpaired) electrons. The third-order valence-corrected chi connectivity index (χ3v) is 4.07. The lowest BCUT2D eigenvalue weighted by molar-refractivity contribution is -0.0501. The molecule has 1 unspecified atom stereocenters. The number of halogens is 2. The van der Waals surface area contributed by atoms with E-state index in [1.807, 2.05) is 11.8 Å². The average molecular weight is 345 g/mol. The van der Waals surface area contributed by atoms with Crippen molar-refractivity contribution in [1.29, 1.82) is 5.26 Å². The van der Waals surface area contributed by atoms with Crippen LogP contribution in [0.5, 0.6) is 5.75 Å². The van der Waals surface area contributed by atoms with Crippen LogP contribution >= 0.6 is 0 Å². The summed E-state index contributed by atoms with van der Waals surface area (Å²) < 4.78 is 35.0. The van der Waals surface area contributed by atoms with Crippen molar-refractivity contribution in [3.05, 3.63) is 53.2 Å². The summed E-state index contributed by atoms with van der Waals surface area (Å²) in [6.07, 6.45) is 1.36. The Bertz CT molecular complexity index is 792. The molecule has 0 amide bonds. The summed E-state index contributed by atoms with van der Waals surface area (Å²) in [4.78, 5) is 6.33. The van der Waals surface area contributed by atoms with Gasteiger partial charge in [0.25, 0.3) is 0 Å². The smallest absolute Gasteiger partial charge is 0.387 e. The highest BCUT2D eigenvalue weighted by Crippen LogP contribution is 2.29. The average Bonchev–Trinajstić information content (AvgIpc) is 2.61. The minimum Gasteiger partial charge on any atom is -0.435 e. The Morgan fingerprint density at radius 2 is 2.24 bits per heavy atom. The second-order valence-electron chi connectivity index (χ2n) is 5.69. The molecule has 3 rings (SSSR count). The number of rotatable bonds is 4. The molecule has 1 aliphatic heterocycles. The fraction of sp³-hybridized carbons (Fsp3) is 0.333. The molecule has 1 atom stereocenters. The quantitative estimate of drug-likeness (QED) is 0.850. The van der Waals surface area contributed by atoms with Crippen LogP contribution in [0.15, 0.2) is 36.5 Å². The van der Waals surface area contributed by atoms with Crippen LogP contribution in [0.3, 0.4) is 0 Å². The highest BCUT2D eigenvalue weighted by atomic mass is 19.3. The van der Waals surface area contributed by atoms with E-state index in [1.165, 1.54) is 6.07 Å². The zero-order valence-corrected chi connectivity index (χ0v) is 13.7. The molecule has 0 aliphatic carbocycles. The summed E-state index contributed by atoms with van der Waals surface area (Å²) in [5.41, 5.74) is 2.15. The van der Waals surface area contributed by atoms with E-state index in [2.05, 4.69) is 15.8 Å². The summed E-state index contributed by atoms with van der Waals surface area (Å²) in [5, 5.41) is 9.40. The van der Waals surface area contributed by atoms with E-state index < -0.39 is 6.61 Å². The normalized spacial score (nSPS) is 17.4. The van der Waals surface area contributed by atoms with Gasteiger partial charge >= 0.3 is 6.61 Å². The molecule has 5 nitrogen and oxygen atoms in total. The maximum atomic E-state index is 12.4. The van der Waals surface area contributed by atoms with Crippen molar-refractivity contribution in [1.82, 2.24) is 4.98 Å². The molecule has 1 aromatic heterocycles. The van der Waals surface area contributed by atoms with Gasteiger partial charge < -0.3 is 14.4 Å². The van der Waals surface area contributed by atoms with E-state index in [4.69, 9.17) is 4.74 Å². The predicted molar refractivity (Wildman–Crippen MR) is 87.7 cm³/mol. The number of benzene rings is 1. The lowest BCUT2D eigenvalue weighted by Crippen LogP contribution is -2.39. The largest absolute Gasteiger partial charge is 0.435 e. The third-order valence-electron chi connectivity index (χ3n) is 4.07. The summed E-state index contributed by atoms with van der Waals surface area (Å²) in [5.74, 6) is 0.718. The molecule has 1 saturated heterocycles. The van der Waals surface area contributed by atoms with Gasteiger partial charge in [-0.1, -0.05) is 12.1 Å². The van der Waals surface area contributed by atoms with Gasteiger partial charge in [-0.15, -0.1) is 0 Å². The molecule has 0 N–H and O–H groups in total. The number of aryl methyl sites for hydroxylation is 1. The van der Waals surface area contributed by atoms with Crippen molar-refractivity contribution in [2.75, 3.05) is 24.6 Å². The number of alkyl halides is 2. The number of pyridine rings is 1. The first-order chi connectivity index (χ1) is 12.1. The third kappa shape index (κ3) is 3.86. The van der Waals surface area contributed by atoms with Crippen molar-refractivity contribution in [2.45, 2.75) is 19.6 Å². The summed E-state index contributed by atoms with van der Waals surface area (Å²) in [6.45, 7) is 0.532. The van der Waals surface area contributed by atoms with Crippen LogP contribution in [-0.2, 0) is 4.74 Å². The number of nitrogens with zero attached hydrogens (tertiary/aromatic N) is 3. The SMILES string of the molecule is Cc1ccnc(N2CCOC(c3cccc(OC(F)F)c3)C2)c1C#N. The monoisotopic (exact) mass is 345 g/mol. The molecular formula is C18H17F2N3O2. The summed E-state index contributed by atoms with van der Waals surface area (Å²) in [7, 11) is 0. The van der Waals surface area contributed by atoms with Crippen LogP contribution in [-0.4, -0.2) is 31.3 Å². The predicted octanol–water partition coefficient (Wildman–Crippen LogP) is 3.44. The second kappa shape index (κ2) is 7.45. The number of ether oxygens (including phenoxy) is 2. The number of morpholine rings is 1. The van der Waals surface area contributed by atoms with E-state index in [1.54, 1.807) is 30.5 Å². The lowest BCUT2D eigenvalue weighted by Gasteiger charge is -2.34. The van der Waals surface area contributed by atoms with Gasteiger partial charge in [0.15, 0.2) is 0 Å². The Morgan fingerprint density at radius 3 is 3.00 bits per heavy atom. The zero-order valence-electron chi connectivity index (χ0n) is 13.7. The maximum absolute atomic E-state index is 12.4. The van der Waals surface area contributed by atoms with Crippen LogP contribution < -0.4 is 9.64 Å². The fourth-order valence-electron chi connectivity index (χ4n) is 2.86. The molecule has 25 heavy (non-hydrogen) atoms. The van der Waals surface area contributed by atoms with Gasteiger partial charge in [-0.2, -0.15) is 14.0 Å². The second-order valence-corrected chi connectivity index (χ2v) is 5.69. The van der Waals surface area contributed by atoms with E-state index in [-0.39, 0.29) is 11.9 Å². The van der Waals surface area contributed by atoms with Gasteiger partial charge in [-0.3, -0.25) is 0 Å². The van der Waals surface area contributed by atoms with Gasteiger partial charge in [0, 0.05) is 19.3 Å². The Hall–Kier alpha value is -2.72. The number of anilines is 1. The van der Waals surface area contributed by atoms with Crippen LogP contribution in [0.2, 0.25) is 0 Å². The van der Waals surface area contributed by atoms with Gasteiger partial charge in [0.1, 0.15) is 23.7 Å². The van der Waals surface area contributed by atoms with Crippen molar-refractivity contribution in [3.8, 4) is 11.8 Å². The Balaban J connectivity index is 1.83. The Morgan fingerprint density at radius 1 is 1.40 bits per heavy atom. The van der Waals surface area contributed by atoms with E-state index in [0.29, 0.717) is 31.1 Å². The summed E-state index contributed by atoms with van der Waals surface area (Å²) in [6, 6.07) is 10.5. The van der Waals surface area contributed by atoms with Crippen LogP contribution in [0.25, 0.3) is 0 Å². The van der Waals surface area contributed by atoms with Crippen molar-refractivity contribution >= 4 is 5.82 Å². The fourth-order valence-corrected chi connectivity index (χ4v) is 2.86. The van der Waals surface area contributed by atoms with Crippen LogP contribution in [0, 0.1) is 18.3 Å². The minimum absolute atomic E-state index is 0.0969. The van der Waals surface area contributed by atoms with E-state index >= 15 is 0 Å². The van der Waals surface area contributed by atoms with E-state index in [9.17, 15) is 14.0 Å². The van der Waals surface area contributed by atoms with E-state index in [0.717, 1.165) is 11.1 Å². The zero-order chi connectivity index (χ0) is 17.8. The molecule has 7 heteroatoms. The number of hydrogen-bond acceptors (Lipinski definition) is 5. The molecule has 0 bridgehead atoms. The van der Waals surface area contributed by atoms with Crippen molar-refractivity contribution in [3.63, 3.8) is 0 Å². The molecule has 2 aromatic rings. The van der Waals surface area contributed by atoms with Crippen LogP contribution in [0.1, 0.15) is 22.8 Å². The molecule has 1 aliphatic rings. The van der Waals surface area contributed by atoms with Gasteiger partial charge in [0.05, 0.1) is 12.2 Å². The number of aromatic nitrogens is 1. The first-order valence-corrected chi connectivity index (χ1v) is 7.85. The first kappa shape index (κ1) is 17.1. The molecule has 1 aromatic carbocycles. The molecular weight excluding hydrogens is 328 g/mol. The van der Waals surface area contributed by atoms with Crippen molar-refractivity contribution in [2.24, 2.45) is 0 Å². The maximum Gasteiger partial charge on any atom is 0.387 e. The molecule has 1 fully saturated rings.